The monoisotopic (exact) mass is 393 g/mol. The van der Waals surface area contributed by atoms with Crippen LogP contribution in [0.4, 0.5) is 18.9 Å². The summed E-state index contributed by atoms with van der Waals surface area (Å²) >= 11 is 0.552. The van der Waals surface area contributed by atoms with E-state index in [4.69, 9.17) is 0 Å². The third kappa shape index (κ3) is 3.99. The summed E-state index contributed by atoms with van der Waals surface area (Å²) in [6.07, 6.45) is -4.75. The Hall–Kier alpha value is -1.98. The fraction of sp³-hybridized carbons (Fsp3) is 0.286. The summed E-state index contributed by atoms with van der Waals surface area (Å²) in [6.45, 7) is 1.58. The Kier molecular flexibility index (Phi) is 5.21. The number of aryl methyl sites for hydroxylation is 1. The Morgan fingerprint density at radius 2 is 1.92 bits per heavy atom. The van der Waals surface area contributed by atoms with Crippen molar-refractivity contribution in [3.8, 4) is 0 Å². The number of thiazole rings is 1. The van der Waals surface area contributed by atoms with Crippen molar-refractivity contribution in [1.82, 2.24) is 9.29 Å². The summed E-state index contributed by atoms with van der Waals surface area (Å²) in [7, 11) is -1.05. The zero-order valence-electron chi connectivity index (χ0n) is 13.4. The first-order chi connectivity index (χ1) is 11.4. The summed E-state index contributed by atoms with van der Waals surface area (Å²) in [6, 6.07) is 4.08. The van der Waals surface area contributed by atoms with Crippen molar-refractivity contribution in [2.45, 2.75) is 18.0 Å². The van der Waals surface area contributed by atoms with Crippen LogP contribution in [0.1, 0.15) is 20.9 Å². The molecule has 1 N–H and O–H groups in total. The number of hydrogen-bond donors (Lipinski definition) is 1. The van der Waals surface area contributed by atoms with Gasteiger partial charge in [-0.15, -0.1) is 11.3 Å². The number of sulfonamides is 1. The van der Waals surface area contributed by atoms with Gasteiger partial charge in [0.2, 0.25) is 10.0 Å². The molecule has 25 heavy (non-hydrogen) atoms. The van der Waals surface area contributed by atoms with Crippen molar-refractivity contribution >= 4 is 33.0 Å². The summed E-state index contributed by atoms with van der Waals surface area (Å²) in [4.78, 5) is 14.7. The minimum Gasteiger partial charge on any atom is -0.321 e. The van der Waals surface area contributed by atoms with Gasteiger partial charge in [-0.3, -0.25) is 4.79 Å². The standard InChI is InChI=1S/C14H14F3N3O3S2/c1-8-4-5-9(6-10(8)25(22,23)20(2)3)19-13(21)11-12(14(15,16)17)18-7-24-11/h4-7H,1-3H3,(H,19,21). The SMILES string of the molecule is Cc1ccc(NC(=O)c2scnc2C(F)(F)F)cc1S(=O)(=O)N(C)C. The molecule has 0 unspecified atom stereocenters. The average molecular weight is 393 g/mol. The normalized spacial score (nSPS) is 12.4. The van der Waals surface area contributed by atoms with E-state index in [0.717, 1.165) is 9.82 Å². The van der Waals surface area contributed by atoms with Gasteiger partial charge >= 0.3 is 6.18 Å². The Morgan fingerprint density at radius 1 is 1.28 bits per heavy atom. The van der Waals surface area contributed by atoms with Gasteiger partial charge in [-0.25, -0.2) is 17.7 Å². The van der Waals surface area contributed by atoms with Gasteiger partial charge in [-0.05, 0) is 24.6 Å². The lowest BCUT2D eigenvalue weighted by atomic mass is 10.2. The largest absolute Gasteiger partial charge is 0.434 e. The van der Waals surface area contributed by atoms with Crippen molar-refractivity contribution in [2.24, 2.45) is 0 Å². The molecule has 0 saturated carbocycles. The summed E-state index contributed by atoms with van der Waals surface area (Å²) in [5.41, 5.74) is 0.163. The molecule has 2 aromatic rings. The van der Waals surface area contributed by atoms with E-state index in [1.165, 1.54) is 32.3 Å². The lowest BCUT2D eigenvalue weighted by Gasteiger charge is -2.15. The van der Waals surface area contributed by atoms with Crippen LogP contribution in [0.5, 0.6) is 0 Å². The number of hydrogen-bond acceptors (Lipinski definition) is 5. The van der Waals surface area contributed by atoms with Gasteiger partial charge < -0.3 is 5.32 Å². The van der Waals surface area contributed by atoms with Gasteiger partial charge in [-0.1, -0.05) is 6.07 Å². The van der Waals surface area contributed by atoms with Crippen LogP contribution in [-0.2, 0) is 16.2 Å². The Morgan fingerprint density at radius 3 is 2.48 bits per heavy atom. The second-order valence-corrected chi connectivity index (χ2v) is 8.22. The minimum absolute atomic E-state index is 0.0457. The van der Waals surface area contributed by atoms with Crippen LogP contribution in [0.2, 0.25) is 0 Å². The molecule has 0 fully saturated rings. The molecule has 6 nitrogen and oxygen atoms in total. The quantitative estimate of drug-likeness (QED) is 0.866. The summed E-state index contributed by atoms with van der Waals surface area (Å²) in [5.74, 6) is -1.01. The molecule has 0 aliphatic carbocycles. The molecule has 0 aliphatic heterocycles. The molecule has 11 heteroatoms. The highest BCUT2D eigenvalue weighted by Crippen LogP contribution is 2.33. The number of nitrogens with one attached hydrogen (secondary N) is 1. The number of benzene rings is 1. The molecule has 0 spiro atoms. The van der Waals surface area contributed by atoms with Crippen molar-refractivity contribution in [1.29, 1.82) is 0 Å². The van der Waals surface area contributed by atoms with Crippen LogP contribution >= 0.6 is 11.3 Å². The Bertz CT molecular complexity index is 906. The molecular weight excluding hydrogens is 379 g/mol. The molecule has 0 bridgehead atoms. The van der Waals surface area contributed by atoms with E-state index in [1.54, 1.807) is 6.92 Å². The predicted molar refractivity (Wildman–Crippen MR) is 87.1 cm³/mol. The van der Waals surface area contributed by atoms with Gasteiger partial charge in [0.05, 0.1) is 10.4 Å². The van der Waals surface area contributed by atoms with Gasteiger partial charge in [0.1, 0.15) is 4.88 Å². The molecule has 0 aliphatic rings. The molecule has 2 rings (SSSR count). The average Bonchev–Trinajstić information content (AvgIpc) is 2.98. The number of alkyl halides is 3. The van der Waals surface area contributed by atoms with Crippen molar-refractivity contribution < 1.29 is 26.4 Å². The number of rotatable bonds is 4. The number of amides is 1. The molecular formula is C14H14F3N3O3S2. The summed E-state index contributed by atoms with van der Waals surface area (Å²) < 4.78 is 64.0. The Balaban J connectivity index is 2.37. The topological polar surface area (TPSA) is 79.4 Å². The lowest BCUT2D eigenvalue weighted by Crippen LogP contribution is -2.23. The lowest BCUT2D eigenvalue weighted by molar-refractivity contribution is -0.141. The molecule has 0 saturated heterocycles. The molecule has 0 atom stereocenters. The van der Waals surface area contributed by atoms with Crippen LogP contribution in [-0.4, -0.2) is 37.7 Å². The first-order valence-corrected chi connectivity index (χ1v) is 9.11. The number of nitrogens with zero attached hydrogens (tertiary/aromatic N) is 2. The smallest absolute Gasteiger partial charge is 0.321 e. The van der Waals surface area contributed by atoms with Crippen molar-refractivity contribution in [2.75, 3.05) is 19.4 Å². The second kappa shape index (κ2) is 6.73. The molecule has 1 heterocycles. The highest BCUT2D eigenvalue weighted by Gasteiger charge is 2.38. The molecule has 1 aromatic heterocycles. The van der Waals surface area contributed by atoms with E-state index in [2.05, 4.69) is 10.3 Å². The number of carbonyl (C=O) groups is 1. The third-order valence-corrected chi connectivity index (χ3v) is 6.03. The van der Waals surface area contributed by atoms with Crippen LogP contribution in [0.3, 0.4) is 0 Å². The van der Waals surface area contributed by atoms with Gasteiger partial charge in [-0.2, -0.15) is 13.2 Å². The van der Waals surface area contributed by atoms with E-state index >= 15 is 0 Å². The molecule has 0 radical (unpaired) electrons. The molecule has 136 valence electrons. The number of halogens is 3. The maximum Gasteiger partial charge on any atom is 0.434 e. The number of carbonyl (C=O) groups excluding carboxylic acids is 1. The minimum atomic E-state index is -4.75. The highest BCUT2D eigenvalue weighted by molar-refractivity contribution is 7.89. The molecule has 1 aromatic carbocycles. The van der Waals surface area contributed by atoms with Crippen LogP contribution in [0.15, 0.2) is 28.6 Å². The summed E-state index contributed by atoms with van der Waals surface area (Å²) in [5, 5.41) is 2.28. The fourth-order valence-corrected chi connectivity index (χ4v) is 3.80. The van der Waals surface area contributed by atoms with Crippen molar-refractivity contribution in [3.05, 3.63) is 39.8 Å². The first-order valence-electron chi connectivity index (χ1n) is 6.80. The maximum atomic E-state index is 12.8. The van der Waals surface area contributed by atoms with E-state index in [-0.39, 0.29) is 10.6 Å². The zero-order chi connectivity index (χ0) is 19.0. The third-order valence-electron chi connectivity index (χ3n) is 3.25. The van der Waals surface area contributed by atoms with E-state index in [1.807, 2.05) is 0 Å². The van der Waals surface area contributed by atoms with Gasteiger partial charge in [0, 0.05) is 19.8 Å². The second-order valence-electron chi connectivity index (χ2n) is 5.25. The number of aromatic nitrogens is 1. The van der Waals surface area contributed by atoms with Gasteiger partial charge in [0.25, 0.3) is 5.91 Å². The first kappa shape index (κ1) is 19.3. The van der Waals surface area contributed by atoms with Gasteiger partial charge in [0.15, 0.2) is 5.69 Å². The van der Waals surface area contributed by atoms with Crippen molar-refractivity contribution in [3.63, 3.8) is 0 Å². The maximum absolute atomic E-state index is 12.8. The molecule has 1 amide bonds. The predicted octanol–water partition coefficient (Wildman–Crippen LogP) is 2.97. The van der Waals surface area contributed by atoms with E-state index in [9.17, 15) is 26.4 Å². The van der Waals surface area contributed by atoms with Crippen LogP contribution in [0, 0.1) is 6.92 Å². The fourth-order valence-electron chi connectivity index (χ4n) is 1.95. The van der Waals surface area contributed by atoms with E-state index < -0.39 is 32.7 Å². The highest BCUT2D eigenvalue weighted by atomic mass is 32.2. The Labute approximate surface area is 146 Å². The van der Waals surface area contributed by atoms with Crippen LogP contribution < -0.4 is 5.32 Å². The van der Waals surface area contributed by atoms with E-state index in [0.29, 0.717) is 16.9 Å². The number of anilines is 1. The van der Waals surface area contributed by atoms with Crippen LogP contribution in [0.25, 0.3) is 0 Å². The zero-order valence-corrected chi connectivity index (χ0v) is 15.0.